The van der Waals surface area contributed by atoms with Gasteiger partial charge in [-0.05, 0) is 11.6 Å². The van der Waals surface area contributed by atoms with E-state index in [2.05, 4.69) is 4.98 Å². The smallest absolute Gasteiger partial charge is 0.325 e. The fourth-order valence-electron chi connectivity index (χ4n) is 1.19. The van der Waals surface area contributed by atoms with Crippen LogP contribution in [0.25, 0.3) is 0 Å². The first-order chi connectivity index (χ1) is 7.26. The molecule has 0 aliphatic carbocycles. The number of alkyl halides is 5. The molecular weight excluding hydrogens is 231 g/mol. The molecule has 0 bridgehead atoms. The van der Waals surface area contributed by atoms with Crippen molar-refractivity contribution in [2.24, 2.45) is 5.73 Å². The monoisotopic (exact) mass is 240 g/mol. The average Bonchev–Trinajstić information content (AvgIpc) is 2.16. The van der Waals surface area contributed by atoms with E-state index >= 15 is 0 Å². The van der Waals surface area contributed by atoms with Gasteiger partial charge in [0.05, 0.1) is 6.54 Å². The van der Waals surface area contributed by atoms with Crippen molar-refractivity contribution in [3.63, 3.8) is 0 Å². The van der Waals surface area contributed by atoms with Gasteiger partial charge in [0, 0.05) is 12.6 Å². The first-order valence-electron chi connectivity index (χ1n) is 4.35. The molecule has 1 heterocycles. The first-order valence-corrected chi connectivity index (χ1v) is 4.35. The van der Waals surface area contributed by atoms with E-state index in [9.17, 15) is 22.0 Å². The minimum atomic E-state index is -4.73. The van der Waals surface area contributed by atoms with Gasteiger partial charge in [0.2, 0.25) is 0 Å². The second kappa shape index (κ2) is 4.32. The summed E-state index contributed by atoms with van der Waals surface area (Å²) in [6.07, 6.45) is -4.89. The Morgan fingerprint density at radius 2 is 1.81 bits per heavy atom. The topological polar surface area (TPSA) is 38.9 Å². The second-order valence-electron chi connectivity index (χ2n) is 3.25. The fourth-order valence-corrected chi connectivity index (χ4v) is 1.19. The molecule has 1 aromatic rings. The Kier molecular flexibility index (Phi) is 3.47. The molecule has 0 aliphatic heterocycles. The summed E-state index contributed by atoms with van der Waals surface area (Å²) in [7, 11) is 0. The van der Waals surface area contributed by atoms with Crippen molar-refractivity contribution in [3.8, 4) is 0 Å². The summed E-state index contributed by atoms with van der Waals surface area (Å²) in [5, 5.41) is 0. The molecule has 16 heavy (non-hydrogen) atoms. The molecule has 0 amide bonds. The van der Waals surface area contributed by atoms with Crippen LogP contribution in [0, 0.1) is 0 Å². The highest BCUT2D eigenvalue weighted by atomic mass is 19.4. The summed E-state index contributed by atoms with van der Waals surface area (Å²) < 4.78 is 62.9. The SMILES string of the molecule is NCC(F)(F)Cc1cccnc1C(F)(F)F. The lowest BCUT2D eigenvalue weighted by atomic mass is 10.1. The molecule has 0 unspecified atom stereocenters. The zero-order chi connectivity index (χ0) is 12.4. The van der Waals surface area contributed by atoms with E-state index in [4.69, 9.17) is 5.73 Å². The maximum Gasteiger partial charge on any atom is 0.433 e. The molecule has 0 atom stereocenters. The Morgan fingerprint density at radius 3 is 2.31 bits per heavy atom. The number of aromatic nitrogens is 1. The van der Waals surface area contributed by atoms with Gasteiger partial charge in [-0.15, -0.1) is 0 Å². The van der Waals surface area contributed by atoms with E-state index in [-0.39, 0.29) is 0 Å². The summed E-state index contributed by atoms with van der Waals surface area (Å²) in [5.74, 6) is -3.36. The molecule has 0 fully saturated rings. The standard InChI is InChI=1S/C9H9F5N2/c10-8(11,5-15)4-6-2-1-3-16-7(6)9(12,13)14/h1-3H,4-5,15H2. The van der Waals surface area contributed by atoms with Crippen LogP contribution in [0.3, 0.4) is 0 Å². The maximum atomic E-state index is 12.9. The molecule has 0 aromatic carbocycles. The van der Waals surface area contributed by atoms with E-state index < -0.39 is 36.3 Å². The molecule has 1 rings (SSSR count). The van der Waals surface area contributed by atoms with Gasteiger partial charge in [0.25, 0.3) is 5.92 Å². The summed E-state index contributed by atoms with van der Waals surface area (Å²) in [6.45, 7) is -1.00. The minimum absolute atomic E-state index is 0.551. The quantitative estimate of drug-likeness (QED) is 0.823. The third-order valence-corrected chi connectivity index (χ3v) is 1.91. The second-order valence-corrected chi connectivity index (χ2v) is 3.25. The Bertz CT molecular complexity index is 361. The van der Waals surface area contributed by atoms with E-state index in [0.717, 1.165) is 12.3 Å². The lowest BCUT2D eigenvalue weighted by Gasteiger charge is -2.16. The summed E-state index contributed by atoms with van der Waals surface area (Å²) in [5.41, 5.74) is 2.92. The number of hydrogen-bond donors (Lipinski definition) is 1. The van der Waals surface area contributed by atoms with E-state index in [1.165, 1.54) is 6.07 Å². The highest BCUT2D eigenvalue weighted by Crippen LogP contribution is 2.32. The van der Waals surface area contributed by atoms with Crippen LogP contribution in [0.5, 0.6) is 0 Å². The zero-order valence-electron chi connectivity index (χ0n) is 8.06. The molecular formula is C9H9F5N2. The molecule has 7 heteroatoms. The molecule has 0 aliphatic rings. The normalized spacial score (nSPS) is 12.9. The van der Waals surface area contributed by atoms with Gasteiger partial charge >= 0.3 is 6.18 Å². The van der Waals surface area contributed by atoms with Crippen LogP contribution in [0.15, 0.2) is 18.3 Å². The van der Waals surface area contributed by atoms with E-state index in [0.29, 0.717) is 0 Å². The number of halogens is 5. The average molecular weight is 240 g/mol. The van der Waals surface area contributed by atoms with Crippen LogP contribution in [0.2, 0.25) is 0 Å². The summed E-state index contributed by atoms with van der Waals surface area (Å²) in [4.78, 5) is 3.07. The van der Waals surface area contributed by atoms with Gasteiger partial charge in [0.15, 0.2) is 0 Å². The third-order valence-electron chi connectivity index (χ3n) is 1.91. The number of pyridine rings is 1. The molecule has 90 valence electrons. The van der Waals surface area contributed by atoms with Crippen LogP contribution in [0.4, 0.5) is 22.0 Å². The van der Waals surface area contributed by atoms with Gasteiger partial charge in [-0.1, -0.05) is 6.07 Å². The van der Waals surface area contributed by atoms with Gasteiger partial charge in [-0.25, -0.2) is 8.78 Å². The van der Waals surface area contributed by atoms with Crippen molar-refractivity contribution in [2.75, 3.05) is 6.54 Å². The van der Waals surface area contributed by atoms with Crippen molar-refractivity contribution < 1.29 is 22.0 Å². The van der Waals surface area contributed by atoms with Crippen molar-refractivity contribution in [1.82, 2.24) is 4.98 Å². The van der Waals surface area contributed by atoms with Gasteiger partial charge in [-0.3, -0.25) is 4.98 Å². The predicted octanol–water partition coefficient (Wildman–Crippen LogP) is 2.24. The number of nitrogens with two attached hydrogens (primary N) is 1. The Morgan fingerprint density at radius 1 is 1.19 bits per heavy atom. The first kappa shape index (κ1) is 12.8. The minimum Gasteiger partial charge on any atom is -0.325 e. The highest BCUT2D eigenvalue weighted by molar-refractivity contribution is 5.23. The number of rotatable bonds is 3. The summed E-state index contributed by atoms with van der Waals surface area (Å²) >= 11 is 0. The van der Waals surface area contributed by atoms with Gasteiger partial charge < -0.3 is 5.73 Å². The Labute approximate surface area is 88.3 Å². The Balaban J connectivity index is 3.06. The van der Waals surface area contributed by atoms with Gasteiger partial charge in [-0.2, -0.15) is 13.2 Å². The molecule has 2 nitrogen and oxygen atoms in total. The van der Waals surface area contributed by atoms with E-state index in [1.807, 2.05) is 0 Å². The maximum absolute atomic E-state index is 12.9. The zero-order valence-corrected chi connectivity index (χ0v) is 8.06. The van der Waals surface area contributed by atoms with Crippen LogP contribution in [-0.2, 0) is 12.6 Å². The van der Waals surface area contributed by atoms with Crippen molar-refractivity contribution in [1.29, 1.82) is 0 Å². The Hall–Kier alpha value is -1.24. The van der Waals surface area contributed by atoms with Crippen molar-refractivity contribution >= 4 is 0 Å². The molecule has 0 saturated heterocycles. The lowest BCUT2D eigenvalue weighted by molar-refractivity contribution is -0.142. The molecule has 1 aromatic heterocycles. The van der Waals surface area contributed by atoms with Gasteiger partial charge in [0.1, 0.15) is 5.69 Å². The number of nitrogens with zero attached hydrogens (tertiary/aromatic N) is 1. The highest BCUT2D eigenvalue weighted by Gasteiger charge is 2.38. The van der Waals surface area contributed by atoms with Crippen molar-refractivity contribution in [2.45, 2.75) is 18.5 Å². The lowest BCUT2D eigenvalue weighted by Crippen LogP contribution is -2.31. The molecule has 0 radical (unpaired) electrons. The van der Waals surface area contributed by atoms with Crippen LogP contribution in [-0.4, -0.2) is 17.5 Å². The van der Waals surface area contributed by atoms with Crippen LogP contribution >= 0.6 is 0 Å². The van der Waals surface area contributed by atoms with Crippen LogP contribution < -0.4 is 5.73 Å². The molecule has 0 spiro atoms. The third kappa shape index (κ3) is 3.13. The number of hydrogen-bond acceptors (Lipinski definition) is 2. The van der Waals surface area contributed by atoms with Crippen molar-refractivity contribution in [3.05, 3.63) is 29.6 Å². The summed E-state index contributed by atoms with van der Waals surface area (Å²) in [6, 6.07) is 2.15. The fraction of sp³-hybridized carbons (Fsp3) is 0.444. The molecule has 2 N–H and O–H groups in total. The largest absolute Gasteiger partial charge is 0.433 e. The van der Waals surface area contributed by atoms with Crippen LogP contribution in [0.1, 0.15) is 11.3 Å². The molecule has 0 saturated carbocycles. The predicted molar refractivity (Wildman–Crippen MR) is 46.9 cm³/mol. The van der Waals surface area contributed by atoms with E-state index in [1.54, 1.807) is 0 Å².